The van der Waals surface area contributed by atoms with Crippen LogP contribution in [0.3, 0.4) is 0 Å². The highest BCUT2D eigenvalue weighted by molar-refractivity contribution is 8.18. The number of imide groups is 1. The number of hydrogen-bond acceptors (Lipinski definition) is 6. The summed E-state index contributed by atoms with van der Waals surface area (Å²) in [5.41, 5.74) is 0.899. The number of para-hydroxylation sites is 1. The summed E-state index contributed by atoms with van der Waals surface area (Å²) in [7, 11) is 0. The SMILES string of the molecule is O=C(CN1C(=O)S/C(=C/c2cc3c(cc2Cl)OCO3)C1=O)Nc1ccccc1Cl. The van der Waals surface area contributed by atoms with Gasteiger partial charge in [0.1, 0.15) is 6.54 Å². The molecule has 2 heterocycles. The van der Waals surface area contributed by atoms with Crippen LogP contribution >= 0.6 is 35.0 Å². The summed E-state index contributed by atoms with van der Waals surface area (Å²) in [6.45, 7) is -0.339. The van der Waals surface area contributed by atoms with Crippen molar-refractivity contribution in [1.82, 2.24) is 4.90 Å². The molecule has 1 saturated heterocycles. The zero-order chi connectivity index (χ0) is 20.5. The number of halogens is 2. The molecule has 0 spiro atoms. The zero-order valence-corrected chi connectivity index (χ0v) is 16.9. The molecule has 7 nitrogen and oxygen atoms in total. The smallest absolute Gasteiger partial charge is 0.294 e. The Balaban J connectivity index is 1.50. The number of rotatable bonds is 4. The molecule has 10 heteroatoms. The number of nitrogens with zero attached hydrogens (tertiary/aromatic N) is 1. The molecule has 4 rings (SSSR count). The first kappa shape index (κ1) is 19.6. The molecule has 2 aromatic rings. The number of carbonyl (C=O) groups is 3. The first-order valence-electron chi connectivity index (χ1n) is 8.31. The Morgan fingerprint density at radius 3 is 2.62 bits per heavy atom. The second-order valence-corrected chi connectivity index (χ2v) is 7.83. The number of fused-ring (bicyclic) bond motifs is 1. The fourth-order valence-electron chi connectivity index (χ4n) is 2.72. The Labute approximate surface area is 179 Å². The summed E-state index contributed by atoms with van der Waals surface area (Å²) in [4.78, 5) is 38.2. The van der Waals surface area contributed by atoms with Crippen molar-refractivity contribution in [1.29, 1.82) is 0 Å². The van der Waals surface area contributed by atoms with Gasteiger partial charge in [0.25, 0.3) is 11.1 Å². The van der Waals surface area contributed by atoms with Gasteiger partial charge in [-0.1, -0.05) is 35.3 Å². The largest absolute Gasteiger partial charge is 0.454 e. The Hall–Kier alpha value is -2.68. The zero-order valence-electron chi connectivity index (χ0n) is 14.6. The molecular formula is C19H12Cl2N2O5S. The standard InChI is InChI=1S/C19H12Cl2N2O5S/c20-11-3-1-2-4-13(11)22-17(24)8-23-18(25)16(29-19(23)26)6-10-5-14-15(7-12(10)21)28-9-27-14/h1-7H,8-9H2,(H,22,24)/b16-6+. The Morgan fingerprint density at radius 1 is 1.14 bits per heavy atom. The third kappa shape index (κ3) is 4.05. The Kier molecular flexibility index (Phi) is 5.40. The van der Waals surface area contributed by atoms with E-state index in [0.29, 0.717) is 32.8 Å². The van der Waals surface area contributed by atoms with E-state index in [9.17, 15) is 14.4 Å². The monoisotopic (exact) mass is 450 g/mol. The van der Waals surface area contributed by atoms with Crippen LogP contribution in [0.5, 0.6) is 11.5 Å². The minimum Gasteiger partial charge on any atom is -0.454 e. The maximum Gasteiger partial charge on any atom is 0.294 e. The molecule has 0 bridgehead atoms. The lowest BCUT2D eigenvalue weighted by molar-refractivity contribution is -0.127. The molecule has 2 aliphatic rings. The first-order chi connectivity index (χ1) is 13.9. The van der Waals surface area contributed by atoms with Gasteiger partial charge in [0.2, 0.25) is 12.7 Å². The predicted octanol–water partition coefficient (Wildman–Crippen LogP) is 4.40. The number of anilines is 1. The summed E-state index contributed by atoms with van der Waals surface area (Å²) < 4.78 is 10.5. The minimum atomic E-state index is -0.581. The van der Waals surface area contributed by atoms with Crippen molar-refractivity contribution in [2.24, 2.45) is 0 Å². The number of carbonyl (C=O) groups excluding carboxylic acids is 3. The van der Waals surface area contributed by atoms with Crippen molar-refractivity contribution in [3.05, 3.63) is 56.9 Å². The van der Waals surface area contributed by atoms with Gasteiger partial charge >= 0.3 is 0 Å². The minimum absolute atomic E-state index is 0.0895. The van der Waals surface area contributed by atoms with Crippen molar-refractivity contribution < 1.29 is 23.9 Å². The molecule has 2 aliphatic heterocycles. The van der Waals surface area contributed by atoms with E-state index in [1.54, 1.807) is 36.4 Å². The van der Waals surface area contributed by atoms with Gasteiger partial charge in [0.05, 0.1) is 20.6 Å². The second-order valence-electron chi connectivity index (χ2n) is 6.02. The normalized spacial score (nSPS) is 16.6. The van der Waals surface area contributed by atoms with Crippen molar-refractivity contribution in [3.8, 4) is 11.5 Å². The molecule has 0 aromatic heterocycles. The van der Waals surface area contributed by atoms with E-state index in [4.69, 9.17) is 32.7 Å². The topological polar surface area (TPSA) is 84.9 Å². The number of amides is 3. The van der Waals surface area contributed by atoms with Crippen molar-refractivity contribution in [3.63, 3.8) is 0 Å². The summed E-state index contributed by atoms with van der Waals surface area (Å²) in [5, 5.41) is 2.73. The molecule has 1 fully saturated rings. The molecule has 0 aliphatic carbocycles. The van der Waals surface area contributed by atoms with Crippen LogP contribution in [0.15, 0.2) is 41.3 Å². The predicted molar refractivity (Wildman–Crippen MR) is 110 cm³/mol. The van der Waals surface area contributed by atoms with Crippen LogP contribution in [-0.2, 0) is 9.59 Å². The van der Waals surface area contributed by atoms with Crippen LogP contribution in [0.25, 0.3) is 6.08 Å². The fourth-order valence-corrected chi connectivity index (χ4v) is 3.94. The third-order valence-electron chi connectivity index (χ3n) is 4.10. The molecule has 0 radical (unpaired) electrons. The van der Waals surface area contributed by atoms with E-state index < -0.39 is 23.6 Å². The number of hydrogen-bond donors (Lipinski definition) is 1. The lowest BCUT2D eigenvalue weighted by atomic mass is 10.2. The van der Waals surface area contributed by atoms with Crippen LogP contribution in [0.1, 0.15) is 5.56 Å². The van der Waals surface area contributed by atoms with Gasteiger partial charge < -0.3 is 14.8 Å². The van der Waals surface area contributed by atoms with E-state index in [-0.39, 0.29) is 11.7 Å². The summed E-state index contributed by atoms with van der Waals surface area (Å²) in [5.74, 6) is -0.110. The molecule has 29 heavy (non-hydrogen) atoms. The van der Waals surface area contributed by atoms with E-state index in [1.165, 1.54) is 6.08 Å². The Bertz CT molecular complexity index is 1070. The molecule has 0 saturated carbocycles. The fraction of sp³-hybridized carbons (Fsp3) is 0.105. The summed E-state index contributed by atoms with van der Waals surface area (Å²) in [6.07, 6.45) is 1.49. The van der Waals surface area contributed by atoms with Gasteiger partial charge in [-0.25, -0.2) is 0 Å². The van der Waals surface area contributed by atoms with Crippen LogP contribution in [0, 0.1) is 0 Å². The number of ether oxygens (including phenoxy) is 2. The molecule has 148 valence electrons. The quantitative estimate of drug-likeness (QED) is 0.694. The molecule has 3 amide bonds. The van der Waals surface area contributed by atoms with E-state index in [0.717, 1.165) is 16.7 Å². The van der Waals surface area contributed by atoms with Crippen LogP contribution in [-0.4, -0.2) is 35.3 Å². The van der Waals surface area contributed by atoms with E-state index in [1.807, 2.05) is 0 Å². The molecular weight excluding hydrogens is 439 g/mol. The van der Waals surface area contributed by atoms with Crippen molar-refractivity contribution in [2.45, 2.75) is 0 Å². The molecule has 1 N–H and O–H groups in total. The highest BCUT2D eigenvalue weighted by atomic mass is 35.5. The molecule has 0 atom stereocenters. The van der Waals surface area contributed by atoms with Crippen LogP contribution in [0.2, 0.25) is 10.0 Å². The maximum absolute atomic E-state index is 12.6. The lowest BCUT2D eigenvalue weighted by Gasteiger charge is -2.13. The van der Waals surface area contributed by atoms with E-state index in [2.05, 4.69) is 5.32 Å². The number of benzene rings is 2. The average Bonchev–Trinajstić information content (AvgIpc) is 3.23. The third-order valence-corrected chi connectivity index (χ3v) is 5.67. The highest BCUT2D eigenvalue weighted by Gasteiger charge is 2.36. The highest BCUT2D eigenvalue weighted by Crippen LogP contribution is 2.39. The Morgan fingerprint density at radius 2 is 1.86 bits per heavy atom. The second kappa shape index (κ2) is 7.98. The van der Waals surface area contributed by atoms with Crippen molar-refractivity contribution >= 4 is 63.8 Å². The van der Waals surface area contributed by atoms with Crippen molar-refractivity contribution in [2.75, 3.05) is 18.7 Å². The average molecular weight is 451 g/mol. The number of nitrogens with one attached hydrogen (secondary N) is 1. The number of thioether (sulfide) groups is 1. The van der Waals surface area contributed by atoms with Gasteiger partial charge in [0.15, 0.2) is 11.5 Å². The summed E-state index contributed by atoms with van der Waals surface area (Å²) >= 11 is 13.0. The van der Waals surface area contributed by atoms with Gasteiger partial charge in [0, 0.05) is 6.07 Å². The van der Waals surface area contributed by atoms with Crippen LogP contribution in [0.4, 0.5) is 10.5 Å². The first-order valence-corrected chi connectivity index (χ1v) is 9.88. The molecule has 0 unspecified atom stereocenters. The van der Waals surface area contributed by atoms with Gasteiger partial charge in [-0.3, -0.25) is 19.3 Å². The van der Waals surface area contributed by atoms with Gasteiger partial charge in [-0.15, -0.1) is 0 Å². The van der Waals surface area contributed by atoms with Gasteiger partial charge in [-0.2, -0.15) is 0 Å². The summed E-state index contributed by atoms with van der Waals surface area (Å²) in [6, 6.07) is 9.88. The molecule has 2 aromatic carbocycles. The van der Waals surface area contributed by atoms with E-state index >= 15 is 0 Å². The van der Waals surface area contributed by atoms with Gasteiger partial charge in [-0.05, 0) is 41.6 Å². The maximum atomic E-state index is 12.6. The lowest BCUT2D eigenvalue weighted by Crippen LogP contribution is -2.36. The van der Waals surface area contributed by atoms with Crippen LogP contribution < -0.4 is 14.8 Å².